The fraction of sp³-hybridized carbons (Fsp3) is 0. The van der Waals surface area contributed by atoms with Crippen LogP contribution in [0.1, 0.15) is 0 Å². The number of hydrogen-bond acceptors (Lipinski definition) is 2. The molecule has 0 aliphatic rings. The fourth-order valence-corrected chi connectivity index (χ4v) is 0.419. The Bertz CT molecular complexity index is 180. The predicted octanol–water partition coefficient (Wildman–Crippen LogP) is 0.863. The number of benzene rings is 1. The Morgan fingerprint density at radius 1 is 1.40 bits per heavy atom. The Hall–Kier alpha value is -0.791. The number of aromatic hydroxyl groups is 2. The molecule has 3 heteroatoms. The van der Waals surface area contributed by atoms with Gasteiger partial charge < -0.3 is 10.2 Å². The van der Waals surface area contributed by atoms with Crippen molar-refractivity contribution in [1.82, 2.24) is 0 Å². The van der Waals surface area contributed by atoms with Crippen molar-refractivity contribution in [1.29, 1.82) is 0 Å². The topological polar surface area (TPSA) is 40.5 Å². The summed E-state index contributed by atoms with van der Waals surface area (Å²) in [7, 11) is 0. The number of phenols is 2. The summed E-state index contributed by atoms with van der Waals surface area (Å²) in [6.07, 6.45) is 0. The summed E-state index contributed by atoms with van der Waals surface area (Å²) < 4.78 is 0. The van der Waals surface area contributed by atoms with Crippen molar-refractivity contribution in [3.05, 3.63) is 24.3 Å². The third-order valence-corrected chi connectivity index (χ3v) is 0.813. The molecule has 1 aromatic rings. The number of rotatable bonds is 0. The van der Waals surface area contributed by atoms with E-state index in [-0.39, 0.29) is 11.5 Å². The first-order valence-corrected chi connectivity index (χ1v) is 3.22. The van der Waals surface area contributed by atoms with Crippen molar-refractivity contribution in [3.8, 4) is 11.5 Å². The van der Waals surface area contributed by atoms with Crippen LogP contribution in [0.2, 0.25) is 0 Å². The predicted molar refractivity (Wildman–Crippen MR) is 35.7 cm³/mol. The van der Waals surface area contributed by atoms with Gasteiger partial charge in [0, 0.05) is 11.5 Å². The van der Waals surface area contributed by atoms with Crippen LogP contribution in [0.4, 0.5) is 0 Å². The van der Waals surface area contributed by atoms with Crippen molar-refractivity contribution < 1.29 is 25.8 Å². The first-order valence-electron chi connectivity index (χ1n) is 2.44. The minimum absolute atomic E-state index is 0.132. The van der Waals surface area contributed by atoms with Gasteiger partial charge in [-0.3, -0.25) is 0 Å². The Morgan fingerprint density at radius 2 is 2.00 bits per heavy atom. The molecule has 1 rings (SSSR count). The second-order valence-electron chi connectivity index (χ2n) is 1.40. The number of phenolic OH excluding ortho intramolecular Hbond substituents is 2. The molecular formula is C7H7FeO2. The summed E-state index contributed by atoms with van der Waals surface area (Å²) in [5.41, 5.74) is 3.00. The monoisotopic (exact) mass is 179 g/mol. The van der Waals surface area contributed by atoms with E-state index in [1.165, 1.54) is 12.1 Å². The van der Waals surface area contributed by atoms with Crippen molar-refractivity contribution >= 4 is 5.42 Å². The first kappa shape index (κ1) is 9.21. The molecule has 0 aromatic heterocycles. The fourth-order valence-electron chi connectivity index (χ4n) is 0.419. The molecule has 0 saturated heterocycles. The van der Waals surface area contributed by atoms with Crippen molar-refractivity contribution in [2.24, 2.45) is 0 Å². The van der Waals surface area contributed by atoms with Gasteiger partial charge in [0.1, 0.15) is 0 Å². The zero-order valence-corrected chi connectivity index (χ0v) is 6.29. The third kappa shape index (κ3) is 2.67. The molecule has 2 nitrogen and oxygen atoms in total. The van der Waals surface area contributed by atoms with Crippen LogP contribution in [0.15, 0.2) is 18.2 Å². The molecule has 0 fully saturated rings. The molecule has 0 heterocycles. The van der Waals surface area contributed by atoms with E-state index in [1.807, 2.05) is 0 Å². The minimum atomic E-state index is -0.201. The van der Waals surface area contributed by atoms with Crippen molar-refractivity contribution in [2.75, 3.05) is 0 Å². The molecule has 0 radical (unpaired) electrons. The van der Waals surface area contributed by atoms with E-state index in [1.54, 1.807) is 6.07 Å². The molecule has 55 valence electrons. The number of hydrogen-bond donors (Lipinski definition) is 2. The zero-order valence-electron chi connectivity index (χ0n) is 5.19. The Kier molecular flexibility index (Phi) is 4.63. The van der Waals surface area contributed by atoms with E-state index < -0.39 is 0 Å². The summed E-state index contributed by atoms with van der Waals surface area (Å²) in [4.78, 5) is 0. The molecule has 10 heavy (non-hydrogen) atoms. The number of para-hydroxylation sites is 1. The van der Waals surface area contributed by atoms with Crippen molar-refractivity contribution in [3.63, 3.8) is 0 Å². The van der Waals surface area contributed by atoms with Gasteiger partial charge in [-0.1, -0.05) is 0 Å². The summed E-state index contributed by atoms with van der Waals surface area (Å²) in [5.74, 6) is -0.333. The normalized spacial score (nSPS) is 7.60. The van der Waals surface area contributed by atoms with Gasteiger partial charge in [0.05, 0.1) is 0 Å². The van der Waals surface area contributed by atoms with E-state index in [0.717, 1.165) is 0 Å². The van der Waals surface area contributed by atoms with Gasteiger partial charge in [-0.05, 0) is 0 Å². The van der Waals surface area contributed by atoms with E-state index in [4.69, 9.17) is 10.2 Å². The van der Waals surface area contributed by atoms with Gasteiger partial charge in [-0.25, -0.2) is 0 Å². The molecule has 0 aliphatic heterocycles. The maximum atomic E-state index is 8.64. The molecule has 2 N–H and O–H groups in total. The quantitative estimate of drug-likeness (QED) is 0.352. The molecule has 1 aromatic carbocycles. The molecule has 0 saturated carbocycles. The third-order valence-electron chi connectivity index (χ3n) is 0.813. The van der Waals surface area contributed by atoms with Crippen LogP contribution in [0.5, 0.6) is 11.5 Å². The van der Waals surface area contributed by atoms with Crippen LogP contribution in [-0.4, -0.2) is 15.6 Å². The van der Waals surface area contributed by atoms with Gasteiger partial charge in [0.25, 0.3) is 0 Å². The van der Waals surface area contributed by atoms with Gasteiger partial charge in [-0.2, -0.15) is 12.1 Å². The molecule has 0 aliphatic carbocycles. The second-order valence-corrected chi connectivity index (χ2v) is 1.40. The molecular weight excluding hydrogens is 172 g/mol. The molecule has 0 bridgehead atoms. The molecule has 0 amide bonds. The van der Waals surface area contributed by atoms with Crippen molar-refractivity contribution in [2.45, 2.75) is 0 Å². The Labute approximate surface area is 67.5 Å². The SMILES string of the molecule is Oc1[c-]cccc1O.[CH2]=[Fe+]. The van der Waals surface area contributed by atoms with Crippen LogP contribution >= 0.6 is 0 Å². The summed E-state index contributed by atoms with van der Waals surface area (Å²) >= 11 is 3.00. The van der Waals surface area contributed by atoms with E-state index >= 15 is 0 Å². The summed E-state index contributed by atoms with van der Waals surface area (Å²) in [6.45, 7) is 0. The zero-order chi connectivity index (χ0) is 7.98. The van der Waals surface area contributed by atoms with Gasteiger partial charge >= 0.3 is 21.0 Å². The Morgan fingerprint density at radius 3 is 2.30 bits per heavy atom. The molecule has 0 unspecified atom stereocenters. The van der Waals surface area contributed by atoms with Gasteiger partial charge in [0.2, 0.25) is 0 Å². The molecule has 0 atom stereocenters. The van der Waals surface area contributed by atoms with Gasteiger partial charge in [0.15, 0.2) is 0 Å². The van der Waals surface area contributed by atoms with E-state index in [0.29, 0.717) is 0 Å². The second kappa shape index (κ2) is 5.03. The van der Waals surface area contributed by atoms with E-state index in [9.17, 15) is 0 Å². The van der Waals surface area contributed by atoms with Crippen LogP contribution in [0, 0.1) is 6.07 Å². The average Bonchev–Trinajstić information content (AvgIpc) is 2.00. The van der Waals surface area contributed by atoms with Crippen LogP contribution < -0.4 is 0 Å². The molecule has 0 spiro atoms. The average molecular weight is 179 g/mol. The van der Waals surface area contributed by atoms with E-state index in [2.05, 4.69) is 27.1 Å². The Balaban J connectivity index is 0.000000371. The summed E-state index contributed by atoms with van der Waals surface area (Å²) in [6, 6.07) is 6.91. The summed E-state index contributed by atoms with van der Waals surface area (Å²) in [5, 5.41) is 17.3. The van der Waals surface area contributed by atoms with Crippen LogP contribution in [-0.2, 0) is 15.6 Å². The maximum absolute atomic E-state index is 8.64. The standard InChI is InChI=1S/C6H5O2.CH2.Fe/c7-5-3-1-2-4-6(5)8;;/h1-3,7-8H;1H2;/q-1;;+1. The van der Waals surface area contributed by atoms with Gasteiger partial charge in [-0.15, -0.1) is 12.1 Å². The van der Waals surface area contributed by atoms with Crippen LogP contribution in [0.3, 0.4) is 0 Å². The van der Waals surface area contributed by atoms with Crippen LogP contribution in [0.25, 0.3) is 0 Å². The first-order chi connectivity index (χ1) is 4.80.